The number of benzene rings is 1. The van der Waals surface area contributed by atoms with E-state index in [0.717, 1.165) is 0 Å². The fourth-order valence-electron chi connectivity index (χ4n) is 1.12. The summed E-state index contributed by atoms with van der Waals surface area (Å²) >= 11 is 0. The summed E-state index contributed by atoms with van der Waals surface area (Å²) in [5.41, 5.74) is 6.52. The first kappa shape index (κ1) is 9.50. The number of nitrogens with two attached hydrogens (primary N) is 1. The highest BCUT2D eigenvalue weighted by molar-refractivity contribution is 5.98. The predicted molar refractivity (Wildman–Crippen MR) is 52.4 cm³/mol. The van der Waals surface area contributed by atoms with E-state index in [1.165, 1.54) is 0 Å². The van der Waals surface area contributed by atoms with Crippen molar-refractivity contribution in [3.8, 4) is 12.3 Å². The zero-order chi connectivity index (χ0) is 9.68. The van der Waals surface area contributed by atoms with Gasteiger partial charge in [0.25, 0.3) is 0 Å². The molecule has 0 saturated carbocycles. The molecule has 0 amide bonds. The Kier molecular flexibility index (Phi) is 3.24. The fourth-order valence-corrected chi connectivity index (χ4v) is 1.12. The van der Waals surface area contributed by atoms with Crippen molar-refractivity contribution in [1.82, 2.24) is 0 Å². The number of hydrogen-bond acceptors (Lipinski definition) is 2. The summed E-state index contributed by atoms with van der Waals surface area (Å²) in [6.45, 7) is 0.359. The molecule has 2 heteroatoms. The molecule has 1 aromatic carbocycles. The van der Waals surface area contributed by atoms with Gasteiger partial charge in [-0.25, -0.2) is 0 Å². The summed E-state index contributed by atoms with van der Waals surface area (Å²) in [5, 5.41) is 0. The van der Waals surface area contributed by atoms with Crippen LogP contribution in [0.5, 0.6) is 0 Å². The second-order valence-corrected chi connectivity index (χ2v) is 2.65. The monoisotopic (exact) mass is 173 g/mol. The molecule has 13 heavy (non-hydrogen) atoms. The van der Waals surface area contributed by atoms with Crippen molar-refractivity contribution >= 4 is 5.78 Å². The zero-order valence-electron chi connectivity index (χ0n) is 7.29. The van der Waals surface area contributed by atoms with E-state index in [1.807, 2.05) is 6.07 Å². The van der Waals surface area contributed by atoms with E-state index >= 15 is 0 Å². The minimum absolute atomic E-state index is 0.0102. The number of terminal acetylenes is 1. The Morgan fingerprint density at radius 1 is 1.46 bits per heavy atom. The molecule has 0 bridgehead atoms. The maximum absolute atomic E-state index is 11.4. The van der Waals surface area contributed by atoms with Crippen molar-refractivity contribution in [3.63, 3.8) is 0 Å². The Hall–Kier alpha value is -1.59. The third kappa shape index (κ3) is 2.17. The molecule has 0 aliphatic rings. The molecule has 0 fully saturated rings. The molecular weight excluding hydrogens is 162 g/mol. The quantitative estimate of drug-likeness (QED) is 0.551. The number of Topliss-reactive ketones (excluding diaryl/α,β-unsaturated/α-hetero) is 1. The highest BCUT2D eigenvalue weighted by atomic mass is 16.1. The number of carbonyl (C=O) groups is 1. The minimum atomic E-state index is 0.0102. The first-order chi connectivity index (χ1) is 6.29. The number of hydrogen-bond donors (Lipinski definition) is 1. The van der Waals surface area contributed by atoms with Crippen LogP contribution in [0.2, 0.25) is 0 Å². The summed E-state index contributed by atoms with van der Waals surface area (Å²) in [6.07, 6.45) is 5.60. The standard InChI is InChI=1S/C11H11NO/c1-2-9-5-3-4-6-10(9)11(13)7-8-12/h1,3-6H,7-8,12H2. The maximum Gasteiger partial charge on any atom is 0.165 e. The molecule has 0 atom stereocenters. The smallest absolute Gasteiger partial charge is 0.165 e. The van der Waals surface area contributed by atoms with Crippen molar-refractivity contribution < 1.29 is 4.79 Å². The molecule has 66 valence electrons. The van der Waals surface area contributed by atoms with Gasteiger partial charge in [0.15, 0.2) is 5.78 Å². The average Bonchev–Trinajstić information content (AvgIpc) is 2.18. The van der Waals surface area contributed by atoms with Crippen molar-refractivity contribution in [1.29, 1.82) is 0 Å². The first-order valence-electron chi connectivity index (χ1n) is 4.08. The van der Waals surface area contributed by atoms with Crippen molar-refractivity contribution in [2.75, 3.05) is 6.54 Å². The van der Waals surface area contributed by atoms with Gasteiger partial charge in [-0.3, -0.25) is 4.79 Å². The van der Waals surface area contributed by atoms with E-state index in [2.05, 4.69) is 5.92 Å². The van der Waals surface area contributed by atoms with E-state index in [9.17, 15) is 4.79 Å². The van der Waals surface area contributed by atoms with Gasteiger partial charge in [-0.15, -0.1) is 6.42 Å². The highest BCUT2D eigenvalue weighted by Gasteiger charge is 2.07. The van der Waals surface area contributed by atoms with Crippen molar-refractivity contribution in [2.45, 2.75) is 6.42 Å². The highest BCUT2D eigenvalue weighted by Crippen LogP contribution is 2.09. The fraction of sp³-hybridized carbons (Fsp3) is 0.182. The molecule has 2 N–H and O–H groups in total. The van der Waals surface area contributed by atoms with Gasteiger partial charge >= 0.3 is 0 Å². The topological polar surface area (TPSA) is 43.1 Å². The molecule has 1 aromatic rings. The van der Waals surface area contributed by atoms with Gasteiger partial charge in [-0.1, -0.05) is 24.1 Å². The maximum atomic E-state index is 11.4. The number of carbonyl (C=O) groups excluding carboxylic acids is 1. The van der Waals surface area contributed by atoms with Crippen LogP contribution in [-0.4, -0.2) is 12.3 Å². The number of ketones is 1. The van der Waals surface area contributed by atoms with E-state index in [0.29, 0.717) is 24.1 Å². The summed E-state index contributed by atoms with van der Waals surface area (Å²) < 4.78 is 0. The van der Waals surface area contributed by atoms with E-state index < -0.39 is 0 Å². The molecule has 0 unspecified atom stereocenters. The van der Waals surface area contributed by atoms with Crippen LogP contribution >= 0.6 is 0 Å². The summed E-state index contributed by atoms with van der Waals surface area (Å²) in [5.74, 6) is 2.48. The van der Waals surface area contributed by atoms with Gasteiger partial charge in [0, 0.05) is 17.5 Å². The number of rotatable bonds is 3. The molecule has 0 spiro atoms. The Balaban J connectivity index is 3.01. The van der Waals surface area contributed by atoms with E-state index in [4.69, 9.17) is 12.2 Å². The van der Waals surface area contributed by atoms with Gasteiger partial charge in [-0.2, -0.15) is 0 Å². The molecular formula is C11H11NO. The van der Waals surface area contributed by atoms with Crippen LogP contribution in [0.4, 0.5) is 0 Å². The molecule has 0 aliphatic heterocycles. The third-order valence-electron chi connectivity index (χ3n) is 1.75. The van der Waals surface area contributed by atoms with Crippen LogP contribution in [-0.2, 0) is 0 Å². The molecule has 1 rings (SSSR count). The van der Waals surface area contributed by atoms with Gasteiger partial charge < -0.3 is 5.73 Å². The van der Waals surface area contributed by atoms with E-state index in [-0.39, 0.29) is 5.78 Å². The van der Waals surface area contributed by atoms with E-state index in [1.54, 1.807) is 18.2 Å². The van der Waals surface area contributed by atoms with Crippen molar-refractivity contribution in [2.24, 2.45) is 5.73 Å². The zero-order valence-corrected chi connectivity index (χ0v) is 7.29. The summed E-state index contributed by atoms with van der Waals surface area (Å²) in [4.78, 5) is 11.4. The molecule has 0 aliphatic carbocycles. The Morgan fingerprint density at radius 3 is 2.77 bits per heavy atom. The summed E-state index contributed by atoms with van der Waals surface area (Å²) in [6, 6.07) is 7.09. The average molecular weight is 173 g/mol. The second kappa shape index (κ2) is 4.44. The molecule has 2 nitrogen and oxygen atoms in total. The second-order valence-electron chi connectivity index (χ2n) is 2.65. The molecule has 0 heterocycles. The van der Waals surface area contributed by atoms with Crippen LogP contribution in [0.3, 0.4) is 0 Å². The SMILES string of the molecule is C#Cc1ccccc1C(=O)CCN. The first-order valence-corrected chi connectivity index (χ1v) is 4.08. The lowest BCUT2D eigenvalue weighted by Gasteiger charge is -2.01. The van der Waals surface area contributed by atoms with Crippen LogP contribution in [0.15, 0.2) is 24.3 Å². The Bertz CT molecular complexity index is 349. The Morgan fingerprint density at radius 2 is 2.15 bits per heavy atom. The Labute approximate surface area is 77.8 Å². The van der Waals surface area contributed by atoms with Gasteiger partial charge in [-0.05, 0) is 12.6 Å². The van der Waals surface area contributed by atoms with Crippen LogP contribution in [0.25, 0.3) is 0 Å². The van der Waals surface area contributed by atoms with Gasteiger partial charge in [0.2, 0.25) is 0 Å². The van der Waals surface area contributed by atoms with Crippen LogP contribution < -0.4 is 5.73 Å². The molecule has 0 aromatic heterocycles. The lowest BCUT2D eigenvalue weighted by molar-refractivity contribution is 0.0985. The summed E-state index contributed by atoms with van der Waals surface area (Å²) in [7, 11) is 0. The predicted octanol–water partition coefficient (Wildman–Crippen LogP) is 1.20. The van der Waals surface area contributed by atoms with Crippen molar-refractivity contribution in [3.05, 3.63) is 35.4 Å². The molecule has 0 radical (unpaired) electrons. The largest absolute Gasteiger partial charge is 0.330 e. The lowest BCUT2D eigenvalue weighted by Crippen LogP contribution is -2.09. The normalized spacial score (nSPS) is 9.23. The molecule has 0 saturated heterocycles. The van der Waals surface area contributed by atoms with Crippen LogP contribution in [0.1, 0.15) is 22.3 Å². The van der Waals surface area contributed by atoms with Crippen LogP contribution in [0, 0.1) is 12.3 Å². The third-order valence-corrected chi connectivity index (χ3v) is 1.75. The van der Waals surface area contributed by atoms with Gasteiger partial charge in [0.1, 0.15) is 0 Å². The minimum Gasteiger partial charge on any atom is -0.330 e. The van der Waals surface area contributed by atoms with Gasteiger partial charge in [0.05, 0.1) is 0 Å². The lowest BCUT2D eigenvalue weighted by atomic mass is 10.0.